The van der Waals surface area contributed by atoms with E-state index in [-0.39, 0.29) is 0 Å². The summed E-state index contributed by atoms with van der Waals surface area (Å²) in [5.74, 6) is 2.98. The number of thioether (sulfide) groups is 1. The van der Waals surface area contributed by atoms with Gasteiger partial charge in [-0.15, -0.1) is 10.2 Å². The quantitative estimate of drug-likeness (QED) is 0.882. The molecule has 0 aromatic carbocycles. The molecule has 3 rings (SSSR count). The van der Waals surface area contributed by atoms with E-state index in [4.69, 9.17) is 0 Å². The van der Waals surface area contributed by atoms with Gasteiger partial charge in [0.1, 0.15) is 12.9 Å². The van der Waals surface area contributed by atoms with Gasteiger partial charge in [-0.2, -0.15) is 0 Å². The zero-order valence-corrected chi connectivity index (χ0v) is 11.5. The van der Waals surface area contributed by atoms with Gasteiger partial charge in [0.2, 0.25) is 0 Å². The number of hydrogen-bond acceptors (Lipinski definition) is 4. The fourth-order valence-corrected chi connectivity index (χ4v) is 3.83. The molecule has 1 aromatic rings. The highest BCUT2D eigenvalue weighted by atomic mass is 32.2. The smallest absolute Gasteiger partial charge is 0.157 e. The monoisotopic (exact) mass is 265 g/mol. The van der Waals surface area contributed by atoms with Crippen LogP contribution in [0.5, 0.6) is 0 Å². The lowest BCUT2D eigenvalue weighted by Gasteiger charge is -2.36. The summed E-state index contributed by atoms with van der Waals surface area (Å²) in [5.41, 5.74) is 0. The first-order valence-corrected chi connectivity index (χ1v) is 7.58. The van der Waals surface area contributed by atoms with Gasteiger partial charge in [0, 0.05) is 18.8 Å². The maximum atomic E-state index is 4.62. The maximum Gasteiger partial charge on any atom is 0.157 e. The third-order valence-corrected chi connectivity index (χ3v) is 4.94. The minimum atomic E-state index is 0.614. The summed E-state index contributed by atoms with van der Waals surface area (Å²) in [6.45, 7) is 0.614. The van der Waals surface area contributed by atoms with Crippen LogP contribution in [-0.2, 0) is 13.6 Å². The first kappa shape index (κ1) is 12.0. The number of amidine groups is 1. The summed E-state index contributed by atoms with van der Waals surface area (Å²) in [6, 6.07) is 0.651. The third-order valence-electron chi connectivity index (χ3n) is 3.82. The normalized spacial score (nSPS) is 29.9. The van der Waals surface area contributed by atoms with Crippen LogP contribution in [0.3, 0.4) is 0 Å². The summed E-state index contributed by atoms with van der Waals surface area (Å²) in [4.78, 5) is 4.62. The highest BCUT2D eigenvalue weighted by Gasteiger charge is 2.30. The van der Waals surface area contributed by atoms with Crippen LogP contribution >= 0.6 is 11.8 Å². The van der Waals surface area contributed by atoms with Crippen LogP contribution < -0.4 is 5.32 Å². The van der Waals surface area contributed by atoms with Crippen LogP contribution in [0, 0.1) is 5.92 Å². The Morgan fingerprint density at radius 2 is 2.39 bits per heavy atom. The van der Waals surface area contributed by atoms with Gasteiger partial charge < -0.3 is 9.88 Å². The Morgan fingerprint density at radius 1 is 1.50 bits per heavy atom. The summed E-state index contributed by atoms with van der Waals surface area (Å²) < 4.78 is 1.92. The Bertz CT molecular complexity index is 441. The topological polar surface area (TPSA) is 55.1 Å². The third kappa shape index (κ3) is 2.53. The lowest BCUT2D eigenvalue weighted by molar-refractivity contribution is 0.311. The number of aromatic nitrogens is 3. The zero-order chi connectivity index (χ0) is 12.4. The predicted octanol–water partition coefficient (Wildman–Crippen LogP) is 1.57. The molecular formula is C12H19N5S. The molecule has 0 amide bonds. The Labute approximate surface area is 111 Å². The highest BCUT2D eigenvalue weighted by molar-refractivity contribution is 8.13. The molecule has 2 unspecified atom stereocenters. The Morgan fingerprint density at radius 3 is 3.22 bits per heavy atom. The average Bonchev–Trinajstić information content (AvgIpc) is 2.82. The van der Waals surface area contributed by atoms with Crippen molar-refractivity contribution in [1.82, 2.24) is 20.1 Å². The lowest BCUT2D eigenvalue weighted by atomic mass is 9.86. The summed E-state index contributed by atoms with van der Waals surface area (Å²) in [5, 5.41) is 12.6. The van der Waals surface area contributed by atoms with Crippen LogP contribution in [0.1, 0.15) is 31.5 Å². The number of rotatable bonds is 2. The van der Waals surface area contributed by atoms with Gasteiger partial charge in [-0.05, 0) is 18.8 Å². The number of nitrogens with one attached hydrogen (secondary N) is 1. The van der Waals surface area contributed by atoms with Crippen molar-refractivity contribution in [1.29, 1.82) is 0 Å². The number of aliphatic imine (C=N–C) groups is 1. The van der Waals surface area contributed by atoms with E-state index >= 15 is 0 Å². The molecule has 0 bridgehead atoms. The maximum absolute atomic E-state index is 4.62. The number of nitrogens with zero attached hydrogens (tertiary/aromatic N) is 4. The van der Waals surface area contributed by atoms with E-state index in [0.717, 1.165) is 16.9 Å². The van der Waals surface area contributed by atoms with E-state index < -0.39 is 0 Å². The number of fused-ring (bicyclic) bond motifs is 1. The summed E-state index contributed by atoms with van der Waals surface area (Å²) in [6.07, 6.45) is 7.15. The van der Waals surface area contributed by atoms with Gasteiger partial charge >= 0.3 is 0 Å². The van der Waals surface area contributed by atoms with Gasteiger partial charge in [-0.3, -0.25) is 4.99 Å². The van der Waals surface area contributed by atoms with Crippen LogP contribution in [0.2, 0.25) is 0 Å². The fraction of sp³-hybridized carbons (Fsp3) is 0.750. The molecule has 1 saturated heterocycles. The molecule has 6 heteroatoms. The van der Waals surface area contributed by atoms with E-state index in [1.165, 1.54) is 31.4 Å². The molecule has 1 saturated carbocycles. The van der Waals surface area contributed by atoms with Crippen molar-refractivity contribution in [3.05, 3.63) is 12.2 Å². The second-order valence-corrected chi connectivity index (χ2v) is 6.09. The van der Waals surface area contributed by atoms with Crippen molar-refractivity contribution in [2.24, 2.45) is 18.0 Å². The number of hydrogen-bond donors (Lipinski definition) is 1. The molecule has 1 N–H and O–H groups in total. The van der Waals surface area contributed by atoms with Crippen LogP contribution in [-0.4, -0.2) is 31.7 Å². The van der Waals surface area contributed by atoms with Crippen LogP contribution in [0.15, 0.2) is 11.3 Å². The minimum absolute atomic E-state index is 0.614. The van der Waals surface area contributed by atoms with Crippen molar-refractivity contribution < 1.29 is 0 Å². The fourth-order valence-electron chi connectivity index (χ4n) is 2.67. The molecule has 98 valence electrons. The zero-order valence-electron chi connectivity index (χ0n) is 10.7. The molecule has 1 aliphatic heterocycles. The molecule has 2 aliphatic rings. The van der Waals surface area contributed by atoms with Gasteiger partial charge in [0.15, 0.2) is 11.0 Å². The Kier molecular flexibility index (Phi) is 3.54. The summed E-state index contributed by atoms with van der Waals surface area (Å²) in [7, 11) is 1.95. The van der Waals surface area contributed by atoms with Crippen molar-refractivity contribution >= 4 is 16.9 Å². The average molecular weight is 265 g/mol. The SMILES string of the molecule is Cn1cnnc1CN=C1NC2CCCCC2CS1. The van der Waals surface area contributed by atoms with Crippen molar-refractivity contribution in [3.8, 4) is 0 Å². The minimum Gasteiger partial charge on any atom is -0.362 e. The van der Waals surface area contributed by atoms with E-state index in [1.54, 1.807) is 6.33 Å². The second-order valence-electron chi connectivity index (χ2n) is 5.09. The largest absolute Gasteiger partial charge is 0.362 e. The first-order chi connectivity index (χ1) is 8.83. The second kappa shape index (κ2) is 5.30. The van der Waals surface area contributed by atoms with Crippen molar-refractivity contribution in [2.75, 3.05) is 5.75 Å². The van der Waals surface area contributed by atoms with Crippen molar-refractivity contribution in [3.63, 3.8) is 0 Å². The number of aryl methyl sites for hydroxylation is 1. The molecule has 1 aromatic heterocycles. The highest BCUT2D eigenvalue weighted by Crippen LogP contribution is 2.31. The van der Waals surface area contributed by atoms with Gasteiger partial charge in [-0.25, -0.2) is 0 Å². The lowest BCUT2D eigenvalue weighted by Crippen LogP contribution is -2.46. The van der Waals surface area contributed by atoms with E-state index in [1.807, 2.05) is 23.4 Å². The Hall–Kier alpha value is -1.04. The molecule has 2 fully saturated rings. The molecule has 0 spiro atoms. The molecular weight excluding hydrogens is 246 g/mol. The van der Waals surface area contributed by atoms with Crippen molar-refractivity contribution in [2.45, 2.75) is 38.3 Å². The molecule has 2 atom stereocenters. The molecule has 5 nitrogen and oxygen atoms in total. The standard InChI is InChI=1S/C12H19N5S/c1-17-8-14-16-11(17)6-13-12-15-10-5-3-2-4-9(10)7-18-12/h8-10H,2-7H2,1H3,(H,13,15). The predicted molar refractivity (Wildman–Crippen MR) is 73.5 cm³/mol. The summed E-state index contributed by atoms with van der Waals surface area (Å²) >= 11 is 1.86. The van der Waals surface area contributed by atoms with Gasteiger partial charge in [-0.1, -0.05) is 24.6 Å². The molecule has 18 heavy (non-hydrogen) atoms. The van der Waals surface area contributed by atoms with Crippen LogP contribution in [0.25, 0.3) is 0 Å². The van der Waals surface area contributed by atoms with E-state index in [9.17, 15) is 0 Å². The van der Waals surface area contributed by atoms with Gasteiger partial charge in [0.25, 0.3) is 0 Å². The first-order valence-electron chi connectivity index (χ1n) is 6.59. The molecule has 1 aliphatic carbocycles. The van der Waals surface area contributed by atoms with Gasteiger partial charge in [0.05, 0.1) is 0 Å². The molecule has 0 radical (unpaired) electrons. The Balaban J connectivity index is 1.61. The van der Waals surface area contributed by atoms with E-state index in [2.05, 4.69) is 20.5 Å². The van der Waals surface area contributed by atoms with E-state index in [0.29, 0.717) is 12.6 Å². The molecule has 2 heterocycles. The van der Waals surface area contributed by atoms with Crippen LogP contribution in [0.4, 0.5) is 0 Å².